The molecule has 8 nitrogen and oxygen atoms in total. The number of halogens is 1. The van der Waals surface area contributed by atoms with Gasteiger partial charge in [0.1, 0.15) is 0 Å². The van der Waals surface area contributed by atoms with E-state index in [2.05, 4.69) is 37.1 Å². The van der Waals surface area contributed by atoms with Gasteiger partial charge in [-0.2, -0.15) is 4.31 Å². The van der Waals surface area contributed by atoms with Gasteiger partial charge in [-0.25, -0.2) is 13.4 Å². The van der Waals surface area contributed by atoms with Crippen molar-refractivity contribution in [2.45, 2.75) is 24.2 Å². The van der Waals surface area contributed by atoms with Crippen molar-refractivity contribution in [3.05, 3.63) is 52.5 Å². The number of carbonyl (C=O) groups excluding carboxylic acids is 1. The molecule has 0 aliphatic carbocycles. The summed E-state index contributed by atoms with van der Waals surface area (Å²) in [5, 5.41) is 4.02. The van der Waals surface area contributed by atoms with E-state index in [1.807, 2.05) is 12.1 Å². The number of hydrogen-bond acceptors (Lipinski definition) is 7. The average molecular weight is 593 g/mol. The number of piperazine rings is 1. The Balaban J connectivity index is 1.08. The lowest BCUT2D eigenvalue weighted by Gasteiger charge is -2.34. The van der Waals surface area contributed by atoms with Crippen molar-refractivity contribution in [2.24, 2.45) is 0 Å². The lowest BCUT2D eigenvalue weighted by atomic mass is 10.2. The van der Waals surface area contributed by atoms with E-state index in [0.29, 0.717) is 25.2 Å². The van der Waals surface area contributed by atoms with Gasteiger partial charge in [0, 0.05) is 62.4 Å². The third-order valence-electron chi connectivity index (χ3n) is 6.76. The standard InChI is InChI=1S/C25H30BrN5O3S2/c26-20-6-9-22-23(18-20)35-25(28-22)30-16-14-29(15-17-30)13-10-27-24(32)19-4-7-21(8-5-19)36(33,34)31-11-2-1-3-12-31/h4-9,18H,1-3,10-17H2,(H,27,32). The van der Waals surface area contributed by atoms with Crippen LogP contribution in [0.4, 0.5) is 5.13 Å². The number of carbonyl (C=O) groups is 1. The first-order valence-electron chi connectivity index (χ1n) is 12.3. The zero-order valence-electron chi connectivity index (χ0n) is 20.0. The Labute approximate surface area is 224 Å². The summed E-state index contributed by atoms with van der Waals surface area (Å²) in [5.74, 6) is -0.184. The Morgan fingerprint density at radius 3 is 2.42 bits per heavy atom. The molecule has 1 N–H and O–H groups in total. The van der Waals surface area contributed by atoms with E-state index in [4.69, 9.17) is 4.98 Å². The maximum atomic E-state index is 12.8. The van der Waals surface area contributed by atoms with E-state index in [1.165, 1.54) is 4.70 Å². The monoisotopic (exact) mass is 591 g/mol. The molecule has 3 heterocycles. The maximum Gasteiger partial charge on any atom is 0.251 e. The van der Waals surface area contributed by atoms with Crippen LogP contribution in [0.1, 0.15) is 29.6 Å². The third kappa shape index (κ3) is 5.75. The van der Waals surface area contributed by atoms with Gasteiger partial charge in [-0.15, -0.1) is 0 Å². The molecule has 2 fully saturated rings. The van der Waals surface area contributed by atoms with Gasteiger partial charge in [-0.1, -0.05) is 33.7 Å². The molecule has 0 bridgehead atoms. The molecular formula is C25H30BrN5O3S2. The van der Waals surface area contributed by atoms with Gasteiger partial charge in [-0.05, 0) is 55.3 Å². The molecule has 11 heteroatoms. The second kappa shape index (κ2) is 11.1. The van der Waals surface area contributed by atoms with Crippen molar-refractivity contribution in [1.82, 2.24) is 19.5 Å². The van der Waals surface area contributed by atoms with Gasteiger partial charge in [0.05, 0.1) is 15.1 Å². The largest absolute Gasteiger partial charge is 0.351 e. The number of benzene rings is 2. The molecule has 1 aromatic heterocycles. The molecule has 36 heavy (non-hydrogen) atoms. The van der Waals surface area contributed by atoms with Gasteiger partial charge in [0.15, 0.2) is 5.13 Å². The summed E-state index contributed by atoms with van der Waals surface area (Å²) >= 11 is 5.24. The zero-order valence-corrected chi connectivity index (χ0v) is 23.2. The van der Waals surface area contributed by atoms with Crippen LogP contribution in [0.2, 0.25) is 0 Å². The minimum atomic E-state index is -3.49. The molecule has 2 aromatic carbocycles. The SMILES string of the molecule is O=C(NCCN1CCN(c2nc3ccc(Br)cc3s2)CC1)c1ccc(S(=O)(=O)N2CCCCC2)cc1. The minimum Gasteiger partial charge on any atom is -0.351 e. The van der Waals surface area contributed by atoms with Crippen molar-refractivity contribution in [2.75, 3.05) is 57.3 Å². The molecule has 0 unspecified atom stereocenters. The summed E-state index contributed by atoms with van der Waals surface area (Å²) in [7, 11) is -3.49. The van der Waals surface area contributed by atoms with Crippen molar-refractivity contribution in [3.8, 4) is 0 Å². The van der Waals surface area contributed by atoms with E-state index >= 15 is 0 Å². The second-order valence-electron chi connectivity index (χ2n) is 9.18. The van der Waals surface area contributed by atoms with Crippen LogP contribution in [0.5, 0.6) is 0 Å². The number of hydrogen-bond donors (Lipinski definition) is 1. The molecule has 0 spiro atoms. The highest BCUT2D eigenvalue weighted by Gasteiger charge is 2.26. The van der Waals surface area contributed by atoms with Gasteiger partial charge in [0.25, 0.3) is 5.91 Å². The Kier molecular flexibility index (Phi) is 7.92. The Morgan fingerprint density at radius 1 is 0.972 bits per heavy atom. The Hall–Kier alpha value is -2.05. The number of sulfonamides is 1. The number of thiazole rings is 1. The minimum absolute atomic E-state index is 0.184. The van der Waals surface area contributed by atoms with E-state index in [9.17, 15) is 13.2 Å². The second-order valence-corrected chi connectivity index (χ2v) is 13.0. The van der Waals surface area contributed by atoms with Crippen molar-refractivity contribution < 1.29 is 13.2 Å². The summed E-state index contributed by atoms with van der Waals surface area (Å²) in [6.07, 6.45) is 2.87. The lowest BCUT2D eigenvalue weighted by molar-refractivity contribution is 0.0947. The van der Waals surface area contributed by atoms with Gasteiger partial charge in [0.2, 0.25) is 10.0 Å². The van der Waals surface area contributed by atoms with Crippen LogP contribution in [0.15, 0.2) is 51.8 Å². The van der Waals surface area contributed by atoms with Gasteiger partial charge >= 0.3 is 0 Å². The van der Waals surface area contributed by atoms with Crippen molar-refractivity contribution in [3.63, 3.8) is 0 Å². The number of nitrogens with one attached hydrogen (secondary N) is 1. The summed E-state index contributed by atoms with van der Waals surface area (Å²) in [6, 6.07) is 12.4. The van der Waals surface area contributed by atoms with Crippen molar-refractivity contribution >= 4 is 58.5 Å². The molecule has 0 radical (unpaired) electrons. The van der Waals surface area contributed by atoms with E-state index in [1.54, 1.807) is 39.9 Å². The first-order chi connectivity index (χ1) is 17.4. The van der Waals surface area contributed by atoms with E-state index < -0.39 is 10.0 Å². The summed E-state index contributed by atoms with van der Waals surface area (Å²) in [4.78, 5) is 22.3. The molecule has 0 atom stereocenters. The van der Waals surface area contributed by atoms with E-state index in [-0.39, 0.29) is 10.8 Å². The van der Waals surface area contributed by atoms with Gasteiger partial charge in [-0.3, -0.25) is 9.69 Å². The predicted octanol–water partition coefficient (Wildman–Crippen LogP) is 3.79. The van der Waals surface area contributed by atoms with Crippen LogP contribution in [0.3, 0.4) is 0 Å². The fraction of sp³-hybridized carbons (Fsp3) is 0.440. The Morgan fingerprint density at radius 2 is 1.69 bits per heavy atom. The quantitative estimate of drug-likeness (QED) is 0.450. The number of nitrogens with zero attached hydrogens (tertiary/aromatic N) is 4. The highest BCUT2D eigenvalue weighted by Crippen LogP contribution is 2.31. The number of fused-ring (bicyclic) bond motifs is 1. The zero-order chi connectivity index (χ0) is 25.1. The molecule has 1 amide bonds. The summed E-state index contributed by atoms with van der Waals surface area (Å²) in [5.41, 5.74) is 1.50. The molecule has 2 aliphatic rings. The number of amides is 1. The molecule has 0 saturated carbocycles. The molecule has 2 aliphatic heterocycles. The first-order valence-corrected chi connectivity index (χ1v) is 15.4. The Bertz CT molecular complexity index is 1320. The number of rotatable bonds is 7. The number of anilines is 1. The first kappa shape index (κ1) is 25.6. The van der Waals surface area contributed by atoms with Crippen LogP contribution in [-0.4, -0.2) is 80.9 Å². The summed E-state index contributed by atoms with van der Waals surface area (Å²) in [6.45, 7) is 6.09. The predicted molar refractivity (Wildman–Crippen MR) is 147 cm³/mol. The molecule has 192 valence electrons. The van der Waals surface area contributed by atoms with Crippen molar-refractivity contribution in [1.29, 1.82) is 0 Å². The highest BCUT2D eigenvalue weighted by atomic mass is 79.9. The van der Waals surface area contributed by atoms with Crippen LogP contribution < -0.4 is 10.2 Å². The smallest absolute Gasteiger partial charge is 0.251 e. The van der Waals surface area contributed by atoms with Crippen LogP contribution in [0.25, 0.3) is 10.2 Å². The third-order valence-corrected chi connectivity index (χ3v) is 10.2. The number of piperidine rings is 1. The lowest BCUT2D eigenvalue weighted by Crippen LogP contribution is -2.48. The fourth-order valence-corrected chi connectivity index (χ4v) is 7.73. The normalized spacial score (nSPS) is 18.0. The van der Waals surface area contributed by atoms with E-state index in [0.717, 1.165) is 67.1 Å². The topological polar surface area (TPSA) is 85.9 Å². The summed E-state index contributed by atoms with van der Waals surface area (Å²) < 4.78 is 29.4. The molecule has 5 rings (SSSR count). The van der Waals surface area contributed by atoms with Gasteiger partial charge < -0.3 is 10.2 Å². The van der Waals surface area contributed by atoms with Crippen LogP contribution in [-0.2, 0) is 10.0 Å². The molecular weight excluding hydrogens is 562 g/mol. The maximum absolute atomic E-state index is 12.8. The highest BCUT2D eigenvalue weighted by molar-refractivity contribution is 9.10. The molecule has 2 saturated heterocycles. The fourth-order valence-electron chi connectivity index (χ4n) is 4.65. The molecule has 3 aromatic rings. The van der Waals surface area contributed by atoms with Crippen LogP contribution >= 0.6 is 27.3 Å². The average Bonchev–Trinajstić information content (AvgIpc) is 3.33. The number of aromatic nitrogens is 1. The van der Waals surface area contributed by atoms with Crippen LogP contribution in [0, 0.1) is 0 Å².